The Morgan fingerprint density at radius 1 is 1.41 bits per heavy atom. The van der Waals surface area contributed by atoms with Gasteiger partial charge in [-0.25, -0.2) is 4.39 Å². The fourth-order valence-corrected chi connectivity index (χ4v) is 2.02. The Bertz CT molecular complexity index is 828. The highest BCUT2D eigenvalue weighted by molar-refractivity contribution is 6.03. The molecule has 0 aliphatic carbocycles. The van der Waals surface area contributed by atoms with Crippen molar-refractivity contribution in [2.75, 3.05) is 13.7 Å². The maximum Gasteiger partial charge on any atom is 0.325 e. The van der Waals surface area contributed by atoms with Crippen LogP contribution in [0.15, 0.2) is 23.0 Å². The van der Waals surface area contributed by atoms with Crippen LogP contribution in [0.25, 0.3) is 10.9 Å². The van der Waals surface area contributed by atoms with Crippen molar-refractivity contribution in [2.24, 2.45) is 7.05 Å². The Hall–Kier alpha value is -2.90. The molecule has 0 atom stereocenters. The minimum absolute atomic E-state index is 0.0188. The van der Waals surface area contributed by atoms with E-state index in [0.717, 1.165) is 23.8 Å². The van der Waals surface area contributed by atoms with Gasteiger partial charge >= 0.3 is 5.97 Å². The molecule has 1 amide bonds. The number of ether oxygens (including phenoxy) is 1. The molecule has 0 aliphatic heterocycles. The topological polar surface area (TPSA) is 97.6 Å². The van der Waals surface area contributed by atoms with Crippen LogP contribution in [0.1, 0.15) is 10.4 Å². The first kappa shape index (κ1) is 15.5. The molecule has 1 aromatic heterocycles. The van der Waals surface area contributed by atoms with Crippen LogP contribution in [0.5, 0.6) is 5.75 Å². The number of methoxy groups -OCH3 is 1. The minimum Gasteiger partial charge on any atom is -0.506 e. The maximum atomic E-state index is 13.3. The molecule has 2 rings (SSSR count). The number of carbonyl (C=O) groups is 2. The summed E-state index contributed by atoms with van der Waals surface area (Å²) in [6.45, 7) is -0.459. The molecule has 2 aromatic rings. The zero-order valence-corrected chi connectivity index (χ0v) is 11.8. The second-order valence-corrected chi connectivity index (χ2v) is 4.51. The van der Waals surface area contributed by atoms with Gasteiger partial charge < -0.3 is 19.7 Å². The average Bonchev–Trinajstić information content (AvgIpc) is 2.50. The molecule has 0 saturated carbocycles. The quantitative estimate of drug-likeness (QED) is 0.794. The van der Waals surface area contributed by atoms with E-state index < -0.39 is 41.1 Å². The fourth-order valence-electron chi connectivity index (χ4n) is 2.02. The lowest BCUT2D eigenvalue weighted by atomic mass is 10.1. The van der Waals surface area contributed by atoms with Gasteiger partial charge in [-0.15, -0.1) is 0 Å². The molecule has 0 unspecified atom stereocenters. The predicted molar refractivity (Wildman–Crippen MR) is 75.2 cm³/mol. The summed E-state index contributed by atoms with van der Waals surface area (Å²) in [5, 5.41) is 12.3. The largest absolute Gasteiger partial charge is 0.506 e. The van der Waals surface area contributed by atoms with Crippen molar-refractivity contribution in [2.45, 2.75) is 0 Å². The molecule has 0 bridgehead atoms. The van der Waals surface area contributed by atoms with Gasteiger partial charge in [-0.1, -0.05) is 0 Å². The lowest BCUT2D eigenvalue weighted by Crippen LogP contribution is -2.35. The number of benzene rings is 1. The van der Waals surface area contributed by atoms with E-state index in [9.17, 15) is 23.9 Å². The minimum atomic E-state index is -0.949. The van der Waals surface area contributed by atoms with Crippen molar-refractivity contribution >= 4 is 22.8 Å². The number of halogens is 1. The maximum absolute atomic E-state index is 13.3. The molecule has 2 N–H and O–H groups in total. The van der Waals surface area contributed by atoms with E-state index >= 15 is 0 Å². The molecule has 0 saturated heterocycles. The number of pyridine rings is 1. The van der Waals surface area contributed by atoms with Crippen LogP contribution in [-0.4, -0.2) is 35.2 Å². The third kappa shape index (κ3) is 2.62. The molecule has 1 aromatic carbocycles. The predicted octanol–water partition coefficient (Wildman–Crippen LogP) is 0.286. The molecular weight excluding hydrogens is 295 g/mol. The second kappa shape index (κ2) is 5.84. The lowest BCUT2D eigenvalue weighted by Gasteiger charge is -2.11. The third-order valence-electron chi connectivity index (χ3n) is 3.18. The number of carbonyl (C=O) groups excluding carboxylic acids is 2. The monoisotopic (exact) mass is 308 g/mol. The summed E-state index contributed by atoms with van der Waals surface area (Å²) in [6, 6.07) is 3.47. The van der Waals surface area contributed by atoms with Crippen molar-refractivity contribution in [1.82, 2.24) is 9.88 Å². The number of nitrogens with one attached hydrogen (secondary N) is 1. The molecule has 0 radical (unpaired) electrons. The highest BCUT2D eigenvalue weighted by Gasteiger charge is 2.21. The van der Waals surface area contributed by atoms with Gasteiger partial charge in [0.25, 0.3) is 11.5 Å². The molecule has 1 heterocycles. The number of fused-ring (bicyclic) bond motifs is 1. The number of hydrogen-bond acceptors (Lipinski definition) is 5. The lowest BCUT2D eigenvalue weighted by molar-refractivity contribution is -0.139. The first-order chi connectivity index (χ1) is 10.4. The Balaban J connectivity index is 2.56. The number of aromatic hydroxyl groups is 1. The van der Waals surface area contributed by atoms with Crippen LogP contribution in [0, 0.1) is 5.82 Å². The molecule has 8 heteroatoms. The van der Waals surface area contributed by atoms with E-state index in [2.05, 4.69) is 10.1 Å². The van der Waals surface area contributed by atoms with Gasteiger partial charge in [0.1, 0.15) is 23.7 Å². The van der Waals surface area contributed by atoms with E-state index in [-0.39, 0.29) is 10.9 Å². The number of hydrogen-bond donors (Lipinski definition) is 2. The van der Waals surface area contributed by atoms with Gasteiger partial charge in [-0.2, -0.15) is 0 Å². The number of esters is 1. The summed E-state index contributed by atoms with van der Waals surface area (Å²) in [6.07, 6.45) is 0. The van der Waals surface area contributed by atoms with Crippen LogP contribution in [0.3, 0.4) is 0 Å². The summed E-state index contributed by atoms with van der Waals surface area (Å²) in [5.74, 6) is -2.92. The van der Waals surface area contributed by atoms with Crippen molar-refractivity contribution in [3.05, 3.63) is 39.9 Å². The SMILES string of the molecule is COC(=O)CNC(=O)c1c(O)c2cc(F)ccc2n(C)c1=O. The van der Waals surface area contributed by atoms with Crippen LogP contribution in [0.2, 0.25) is 0 Å². The highest BCUT2D eigenvalue weighted by atomic mass is 19.1. The third-order valence-corrected chi connectivity index (χ3v) is 3.18. The van der Waals surface area contributed by atoms with Gasteiger partial charge in [-0.3, -0.25) is 14.4 Å². The molecule has 0 spiro atoms. The number of nitrogens with zero attached hydrogens (tertiary/aromatic N) is 1. The Morgan fingerprint density at radius 2 is 2.09 bits per heavy atom. The number of amides is 1. The average molecular weight is 308 g/mol. The van der Waals surface area contributed by atoms with Crippen LogP contribution >= 0.6 is 0 Å². The Kier molecular flexibility index (Phi) is 4.11. The Morgan fingerprint density at radius 3 is 2.73 bits per heavy atom. The van der Waals surface area contributed by atoms with Gasteiger partial charge in [-0.05, 0) is 18.2 Å². The normalized spacial score (nSPS) is 10.5. The van der Waals surface area contributed by atoms with Gasteiger partial charge in [0, 0.05) is 12.4 Å². The van der Waals surface area contributed by atoms with E-state index in [1.54, 1.807) is 0 Å². The first-order valence-corrected chi connectivity index (χ1v) is 6.23. The number of aromatic nitrogens is 1. The van der Waals surface area contributed by atoms with E-state index in [1.165, 1.54) is 13.1 Å². The Labute approximate surface area is 123 Å². The van der Waals surface area contributed by atoms with E-state index in [0.29, 0.717) is 0 Å². The highest BCUT2D eigenvalue weighted by Crippen LogP contribution is 2.26. The summed E-state index contributed by atoms with van der Waals surface area (Å²) in [7, 11) is 2.53. The second-order valence-electron chi connectivity index (χ2n) is 4.51. The molecule has 0 fully saturated rings. The van der Waals surface area contributed by atoms with Crippen LogP contribution < -0.4 is 10.9 Å². The molecule has 0 aliphatic rings. The van der Waals surface area contributed by atoms with E-state index in [1.807, 2.05) is 0 Å². The van der Waals surface area contributed by atoms with Crippen molar-refractivity contribution in [3.63, 3.8) is 0 Å². The standard InChI is InChI=1S/C14H13FN2O5/c1-17-9-4-3-7(15)5-8(9)12(19)11(14(17)21)13(20)16-6-10(18)22-2/h3-5,19H,6H2,1-2H3,(H,16,20). The van der Waals surface area contributed by atoms with Crippen molar-refractivity contribution in [3.8, 4) is 5.75 Å². The fraction of sp³-hybridized carbons (Fsp3) is 0.214. The van der Waals surface area contributed by atoms with Crippen molar-refractivity contribution in [1.29, 1.82) is 0 Å². The molecule has 7 nitrogen and oxygen atoms in total. The molecule has 116 valence electrons. The molecular formula is C14H13FN2O5. The van der Waals surface area contributed by atoms with Gasteiger partial charge in [0.05, 0.1) is 12.6 Å². The number of rotatable bonds is 3. The van der Waals surface area contributed by atoms with Crippen LogP contribution in [-0.2, 0) is 16.6 Å². The summed E-state index contributed by atoms with van der Waals surface area (Å²) in [4.78, 5) is 35.2. The zero-order chi connectivity index (χ0) is 16.4. The zero-order valence-electron chi connectivity index (χ0n) is 11.8. The van der Waals surface area contributed by atoms with E-state index in [4.69, 9.17) is 0 Å². The smallest absolute Gasteiger partial charge is 0.325 e. The van der Waals surface area contributed by atoms with Gasteiger partial charge in [0.15, 0.2) is 0 Å². The van der Waals surface area contributed by atoms with Gasteiger partial charge in [0.2, 0.25) is 0 Å². The van der Waals surface area contributed by atoms with Crippen molar-refractivity contribution < 1.29 is 23.8 Å². The molecule has 22 heavy (non-hydrogen) atoms. The van der Waals surface area contributed by atoms with Crippen LogP contribution in [0.4, 0.5) is 4.39 Å². The first-order valence-electron chi connectivity index (χ1n) is 6.23. The summed E-state index contributed by atoms with van der Waals surface area (Å²) in [5.41, 5.74) is -1.06. The number of aryl methyl sites for hydroxylation is 1. The summed E-state index contributed by atoms with van der Waals surface area (Å²) < 4.78 is 18.8. The summed E-state index contributed by atoms with van der Waals surface area (Å²) >= 11 is 0.